The van der Waals surface area contributed by atoms with E-state index in [0.717, 1.165) is 5.69 Å². The smallest absolute Gasteiger partial charge is 0.184 e. The molecule has 0 atom stereocenters. The van der Waals surface area contributed by atoms with Gasteiger partial charge in [-0.15, -0.1) is 5.10 Å². The molecule has 0 saturated carbocycles. The van der Waals surface area contributed by atoms with Gasteiger partial charge >= 0.3 is 0 Å². The first-order valence-electron chi connectivity index (χ1n) is 6.01. The predicted octanol–water partition coefficient (Wildman–Crippen LogP) is 3.73. The molecule has 0 aliphatic heterocycles. The Bertz CT molecular complexity index is 622. The van der Waals surface area contributed by atoms with E-state index in [1.54, 1.807) is 29.8 Å². The van der Waals surface area contributed by atoms with Crippen LogP contribution in [0.5, 0.6) is 0 Å². The first kappa shape index (κ1) is 14.0. The predicted molar refractivity (Wildman–Crippen MR) is 75.4 cm³/mol. The van der Waals surface area contributed by atoms with Gasteiger partial charge in [-0.05, 0) is 24.6 Å². The van der Waals surface area contributed by atoms with Gasteiger partial charge in [-0.2, -0.15) is 0 Å². The summed E-state index contributed by atoms with van der Waals surface area (Å²) in [5, 5.41) is 9.07. The summed E-state index contributed by atoms with van der Waals surface area (Å²) in [6.07, 6.45) is 1.03. The number of aromatic nitrogens is 3. The molecular weight excluding hydrogens is 285 g/mol. The van der Waals surface area contributed by atoms with E-state index in [9.17, 15) is 4.79 Å². The van der Waals surface area contributed by atoms with Crippen LogP contribution in [-0.2, 0) is 6.42 Å². The number of hydrogen-bond acceptors (Lipinski definition) is 3. The summed E-state index contributed by atoms with van der Waals surface area (Å²) in [7, 11) is 0. The van der Waals surface area contributed by atoms with Gasteiger partial charge < -0.3 is 0 Å². The first-order chi connectivity index (χ1) is 9.08. The molecule has 0 aliphatic carbocycles. The number of ketones is 1. The van der Waals surface area contributed by atoms with Crippen molar-refractivity contribution in [3.05, 3.63) is 39.6 Å². The van der Waals surface area contributed by atoms with Gasteiger partial charge in [0.15, 0.2) is 11.5 Å². The molecule has 2 rings (SSSR count). The Morgan fingerprint density at radius 3 is 2.68 bits per heavy atom. The third-order valence-corrected chi connectivity index (χ3v) is 3.37. The van der Waals surface area contributed by atoms with Crippen LogP contribution in [0.2, 0.25) is 10.0 Å². The van der Waals surface area contributed by atoms with Crippen LogP contribution in [0.3, 0.4) is 0 Å². The molecule has 1 heterocycles. The molecule has 0 amide bonds. The zero-order valence-corrected chi connectivity index (χ0v) is 12.2. The second kappa shape index (κ2) is 5.72. The molecule has 4 nitrogen and oxygen atoms in total. The van der Waals surface area contributed by atoms with Crippen molar-refractivity contribution in [3.8, 4) is 5.69 Å². The maximum absolute atomic E-state index is 11.8. The number of nitrogens with zero attached hydrogens (tertiary/aromatic N) is 3. The van der Waals surface area contributed by atoms with Crippen molar-refractivity contribution in [3.63, 3.8) is 0 Å². The second-order valence-electron chi connectivity index (χ2n) is 4.02. The van der Waals surface area contributed by atoms with Crippen molar-refractivity contribution >= 4 is 29.0 Å². The summed E-state index contributed by atoms with van der Waals surface area (Å²) in [6.45, 7) is 3.74. The summed E-state index contributed by atoms with van der Waals surface area (Å²) >= 11 is 12.1. The van der Waals surface area contributed by atoms with Gasteiger partial charge in [0.1, 0.15) is 0 Å². The third kappa shape index (κ3) is 2.65. The fourth-order valence-corrected chi connectivity index (χ4v) is 2.21. The number of Topliss-reactive ketones (excluding diaryl/α,β-unsaturated/α-hetero) is 1. The van der Waals surface area contributed by atoms with E-state index in [0.29, 0.717) is 34.3 Å². The standard InChI is InChI=1S/C13H13Cl2N3O/c1-3-10-13(12(19)4-2)16-17-18(10)11-7-8(14)5-6-9(11)15/h5-7H,3-4H2,1-2H3. The SMILES string of the molecule is CCC(=O)c1nnn(-c2cc(Cl)ccc2Cl)c1CC. The Labute approximate surface area is 121 Å². The van der Waals surface area contributed by atoms with E-state index in [2.05, 4.69) is 10.3 Å². The number of rotatable bonds is 4. The molecular formula is C13H13Cl2N3O. The molecule has 0 N–H and O–H groups in total. The zero-order valence-electron chi connectivity index (χ0n) is 10.7. The average Bonchev–Trinajstić information content (AvgIpc) is 2.84. The molecule has 19 heavy (non-hydrogen) atoms. The van der Waals surface area contributed by atoms with Crippen molar-refractivity contribution in [1.29, 1.82) is 0 Å². The Morgan fingerprint density at radius 1 is 1.32 bits per heavy atom. The lowest BCUT2D eigenvalue weighted by molar-refractivity contribution is 0.0982. The summed E-state index contributed by atoms with van der Waals surface area (Å²) in [5.41, 5.74) is 1.78. The number of halogens is 2. The fraction of sp³-hybridized carbons (Fsp3) is 0.308. The minimum Gasteiger partial charge on any atom is -0.292 e. The minimum absolute atomic E-state index is 0.0266. The molecule has 0 radical (unpaired) electrons. The average molecular weight is 298 g/mol. The van der Waals surface area contributed by atoms with E-state index < -0.39 is 0 Å². The Balaban J connectivity index is 2.60. The first-order valence-corrected chi connectivity index (χ1v) is 6.77. The highest BCUT2D eigenvalue weighted by molar-refractivity contribution is 6.34. The van der Waals surface area contributed by atoms with E-state index >= 15 is 0 Å². The molecule has 0 saturated heterocycles. The van der Waals surface area contributed by atoms with Crippen LogP contribution < -0.4 is 0 Å². The van der Waals surface area contributed by atoms with Crippen molar-refractivity contribution in [2.24, 2.45) is 0 Å². The van der Waals surface area contributed by atoms with Crippen molar-refractivity contribution in [2.75, 3.05) is 0 Å². The highest BCUT2D eigenvalue weighted by atomic mass is 35.5. The Hall–Kier alpha value is -1.39. The van der Waals surface area contributed by atoms with Crippen molar-refractivity contribution < 1.29 is 4.79 Å². The number of carbonyl (C=O) groups excluding carboxylic acids is 1. The van der Waals surface area contributed by atoms with Crippen LogP contribution in [0.15, 0.2) is 18.2 Å². The Kier molecular flexibility index (Phi) is 4.22. The second-order valence-corrected chi connectivity index (χ2v) is 4.87. The highest BCUT2D eigenvalue weighted by Crippen LogP contribution is 2.25. The van der Waals surface area contributed by atoms with Gasteiger partial charge in [0.2, 0.25) is 0 Å². The molecule has 0 fully saturated rings. The van der Waals surface area contributed by atoms with Gasteiger partial charge in [-0.25, -0.2) is 4.68 Å². The van der Waals surface area contributed by atoms with E-state index in [4.69, 9.17) is 23.2 Å². The quantitative estimate of drug-likeness (QED) is 0.808. The monoisotopic (exact) mass is 297 g/mol. The molecule has 0 aliphatic rings. The van der Waals surface area contributed by atoms with Gasteiger partial charge in [0, 0.05) is 11.4 Å². The van der Waals surface area contributed by atoms with Crippen molar-refractivity contribution in [2.45, 2.75) is 26.7 Å². The van der Waals surface area contributed by atoms with E-state index in [1.807, 2.05) is 6.92 Å². The normalized spacial score (nSPS) is 10.7. The van der Waals surface area contributed by atoms with Crippen LogP contribution in [0.4, 0.5) is 0 Å². The molecule has 0 unspecified atom stereocenters. The van der Waals surface area contributed by atoms with Crippen LogP contribution in [0, 0.1) is 0 Å². The highest BCUT2D eigenvalue weighted by Gasteiger charge is 2.19. The number of carbonyl (C=O) groups is 1. The van der Waals surface area contributed by atoms with E-state index in [1.165, 1.54) is 0 Å². The lowest BCUT2D eigenvalue weighted by atomic mass is 10.1. The van der Waals surface area contributed by atoms with Crippen LogP contribution in [0.1, 0.15) is 36.5 Å². The lowest BCUT2D eigenvalue weighted by Gasteiger charge is -2.08. The molecule has 1 aromatic carbocycles. The zero-order chi connectivity index (χ0) is 14.0. The maximum Gasteiger partial charge on any atom is 0.184 e. The van der Waals surface area contributed by atoms with Crippen molar-refractivity contribution in [1.82, 2.24) is 15.0 Å². The summed E-state index contributed by atoms with van der Waals surface area (Å²) in [5.74, 6) is -0.0266. The summed E-state index contributed by atoms with van der Waals surface area (Å²) in [6, 6.07) is 5.10. The molecule has 6 heteroatoms. The van der Waals surface area contributed by atoms with Crippen LogP contribution in [0.25, 0.3) is 5.69 Å². The maximum atomic E-state index is 11.8. The lowest BCUT2D eigenvalue weighted by Crippen LogP contribution is -2.06. The number of hydrogen-bond donors (Lipinski definition) is 0. The molecule has 100 valence electrons. The third-order valence-electron chi connectivity index (χ3n) is 2.82. The van der Waals surface area contributed by atoms with Crippen LogP contribution in [-0.4, -0.2) is 20.8 Å². The fourth-order valence-electron chi connectivity index (χ4n) is 1.84. The van der Waals surface area contributed by atoms with E-state index in [-0.39, 0.29) is 5.78 Å². The molecule has 0 spiro atoms. The van der Waals surface area contributed by atoms with Gasteiger partial charge in [-0.3, -0.25) is 4.79 Å². The van der Waals surface area contributed by atoms with Crippen LogP contribution >= 0.6 is 23.2 Å². The molecule has 2 aromatic rings. The molecule has 0 bridgehead atoms. The molecule has 1 aromatic heterocycles. The topological polar surface area (TPSA) is 47.8 Å². The summed E-state index contributed by atoms with van der Waals surface area (Å²) < 4.78 is 1.58. The van der Waals surface area contributed by atoms with Gasteiger partial charge in [-0.1, -0.05) is 42.3 Å². The summed E-state index contributed by atoms with van der Waals surface area (Å²) in [4.78, 5) is 11.8. The number of benzene rings is 1. The minimum atomic E-state index is -0.0266. The Morgan fingerprint density at radius 2 is 2.05 bits per heavy atom. The van der Waals surface area contributed by atoms with Gasteiger partial charge in [0.25, 0.3) is 0 Å². The largest absolute Gasteiger partial charge is 0.292 e. The van der Waals surface area contributed by atoms with Gasteiger partial charge in [0.05, 0.1) is 16.4 Å².